The van der Waals surface area contributed by atoms with Crippen LogP contribution in [0.25, 0.3) is 0 Å². The first-order valence-corrected chi connectivity index (χ1v) is 18.5. The topological polar surface area (TPSA) is 211 Å². The van der Waals surface area contributed by atoms with Crippen molar-refractivity contribution in [2.75, 3.05) is 79.0 Å². The van der Waals surface area contributed by atoms with Gasteiger partial charge in [0, 0.05) is 45.4 Å². The monoisotopic (exact) mass is 718 g/mol. The molecule has 0 aliphatic rings. The van der Waals surface area contributed by atoms with Crippen molar-refractivity contribution in [2.24, 2.45) is 0 Å². The molecule has 0 radical (unpaired) electrons. The first-order chi connectivity index (χ1) is 24.3. The third kappa shape index (κ3) is 35.0. The summed E-state index contributed by atoms with van der Waals surface area (Å²) < 4.78 is 21.6. The van der Waals surface area contributed by atoms with Crippen LogP contribution < -0.4 is 21.3 Å². The minimum Gasteiger partial charge on any atom is -0.481 e. The van der Waals surface area contributed by atoms with E-state index in [0.717, 1.165) is 70.6 Å². The molecule has 6 N–H and O–H groups in total. The van der Waals surface area contributed by atoms with Crippen molar-refractivity contribution in [3.05, 3.63) is 0 Å². The van der Waals surface area contributed by atoms with Gasteiger partial charge < -0.3 is 50.4 Å². The molecule has 0 aromatic heterocycles. The zero-order valence-electron chi connectivity index (χ0n) is 30.4. The Morgan fingerprint density at radius 2 is 1.02 bits per heavy atom. The number of unbranched alkanes of at least 4 members (excludes halogenated alkanes) is 10. The number of rotatable bonds is 38. The van der Waals surface area contributed by atoms with E-state index < -0.39 is 18.0 Å². The second-order valence-corrected chi connectivity index (χ2v) is 12.1. The molecule has 0 spiro atoms. The number of nitrogens with one attached hydrogen (secondary N) is 4. The Bertz CT molecular complexity index is 880. The lowest BCUT2D eigenvalue weighted by molar-refractivity contribution is -0.142. The maximum atomic E-state index is 12.2. The van der Waals surface area contributed by atoms with Crippen LogP contribution in [0.1, 0.15) is 110 Å². The van der Waals surface area contributed by atoms with Crippen molar-refractivity contribution < 1.29 is 53.1 Å². The fraction of sp³-hybridized carbons (Fsp3) is 0.857. The summed E-state index contributed by atoms with van der Waals surface area (Å²) >= 11 is 0. The second kappa shape index (κ2) is 36.0. The number of aliphatic carboxylic acids is 2. The van der Waals surface area contributed by atoms with Crippen LogP contribution in [0, 0.1) is 0 Å². The molecule has 292 valence electrons. The van der Waals surface area contributed by atoms with Crippen molar-refractivity contribution in [1.29, 1.82) is 0 Å². The minimum absolute atomic E-state index is 0.00578. The number of hydrogen-bond donors (Lipinski definition) is 6. The Hall–Kier alpha value is -2.85. The van der Waals surface area contributed by atoms with Crippen LogP contribution in [0.3, 0.4) is 0 Å². The molecule has 0 rings (SSSR count). The van der Waals surface area contributed by atoms with Gasteiger partial charge in [-0.2, -0.15) is 0 Å². The molecular formula is C35H66N4O11. The maximum absolute atomic E-state index is 12.2. The van der Waals surface area contributed by atoms with Crippen LogP contribution >= 0.6 is 0 Å². The van der Waals surface area contributed by atoms with Crippen LogP contribution in [-0.4, -0.2) is 125 Å². The zero-order chi connectivity index (χ0) is 36.9. The number of carboxylic acid groups (broad SMARTS) is 2. The first kappa shape index (κ1) is 47.1. The summed E-state index contributed by atoms with van der Waals surface area (Å²) in [6, 6.07) is -1.11. The molecular weight excluding hydrogens is 652 g/mol. The van der Waals surface area contributed by atoms with Gasteiger partial charge in [0.05, 0.1) is 46.2 Å². The number of ether oxygens (including phenoxy) is 4. The van der Waals surface area contributed by atoms with E-state index in [9.17, 15) is 29.1 Å². The Labute approximate surface area is 298 Å². The van der Waals surface area contributed by atoms with Crippen molar-refractivity contribution >= 4 is 29.7 Å². The number of carboxylic acids is 2. The largest absolute Gasteiger partial charge is 0.481 e. The fourth-order valence-electron chi connectivity index (χ4n) is 4.70. The van der Waals surface area contributed by atoms with Crippen molar-refractivity contribution in [1.82, 2.24) is 21.3 Å². The lowest BCUT2D eigenvalue weighted by Crippen LogP contribution is -2.41. The second-order valence-electron chi connectivity index (χ2n) is 12.1. The van der Waals surface area contributed by atoms with Gasteiger partial charge in [0.2, 0.25) is 17.7 Å². The van der Waals surface area contributed by atoms with Crippen LogP contribution in [0.2, 0.25) is 0 Å². The maximum Gasteiger partial charge on any atom is 0.326 e. The lowest BCUT2D eigenvalue weighted by atomic mass is 10.0. The molecule has 0 saturated carbocycles. The van der Waals surface area contributed by atoms with Crippen molar-refractivity contribution in [3.8, 4) is 0 Å². The van der Waals surface area contributed by atoms with Gasteiger partial charge in [0.15, 0.2) is 0 Å². The molecule has 15 nitrogen and oxygen atoms in total. The molecule has 0 heterocycles. The quantitative estimate of drug-likeness (QED) is 0.0509. The molecule has 1 unspecified atom stereocenters. The Balaban J connectivity index is 3.58. The summed E-state index contributed by atoms with van der Waals surface area (Å²) in [5.74, 6) is -2.64. The standard InChI is InChI=1S/C35H66N4O11/c1-2-3-18-37-33(42)29-50-28-27-48-23-20-36-19-22-47-25-26-49-24-21-38-31(40)17-16-30(35(45)46)39-32(41)14-12-10-8-6-4-5-7-9-11-13-15-34(43)44/h30,36H,2-29H2,1H3,(H,37,42)(H,38,40)(H,39,41)(H,43,44)(H,45,46). The third-order valence-electron chi connectivity index (χ3n) is 7.58. The summed E-state index contributed by atoms with van der Waals surface area (Å²) in [6.07, 6.45) is 12.3. The van der Waals surface area contributed by atoms with Crippen LogP contribution in [0.4, 0.5) is 0 Å². The molecule has 0 fully saturated rings. The smallest absolute Gasteiger partial charge is 0.326 e. The van der Waals surface area contributed by atoms with Crippen LogP contribution in [0.15, 0.2) is 0 Å². The molecule has 0 aliphatic heterocycles. The molecule has 50 heavy (non-hydrogen) atoms. The molecule has 15 heteroatoms. The summed E-state index contributed by atoms with van der Waals surface area (Å²) in [7, 11) is 0. The Morgan fingerprint density at radius 3 is 1.56 bits per heavy atom. The zero-order valence-corrected chi connectivity index (χ0v) is 30.4. The van der Waals surface area contributed by atoms with Crippen LogP contribution in [-0.2, 0) is 42.9 Å². The Kier molecular flexibility index (Phi) is 33.9. The number of carbonyl (C=O) groups is 5. The van der Waals surface area contributed by atoms with E-state index >= 15 is 0 Å². The molecule has 0 bridgehead atoms. The lowest BCUT2D eigenvalue weighted by Gasteiger charge is -2.14. The van der Waals surface area contributed by atoms with Crippen molar-refractivity contribution in [3.63, 3.8) is 0 Å². The van der Waals surface area contributed by atoms with Gasteiger partial charge in [-0.3, -0.25) is 19.2 Å². The fourth-order valence-corrected chi connectivity index (χ4v) is 4.70. The number of hydrogen-bond acceptors (Lipinski definition) is 10. The van der Waals surface area contributed by atoms with Gasteiger partial charge in [0.1, 0.15) is 12.6 Å². The van der Waals surface area contributed by atoms with E-state index in [1.807, 2.05) is 0 Å². The summed E-state index contributed by atoms with van der Waals surface area (Å²) in [4.78, 5) is 57.9. The van der Waals surface area contributed by atoms with E-state index in [1.165, 1.54) is 0 Å². The molecule has 1 atom stereocenters. The molecule has 0 saturated heterocycles. The van der Waals surface area contributed by atoms with Crippen molar-refractivity contribution in [2.45, 2.75) is 116 Å². The van der Waals surface area contributed by atoms with Gasteiger partial charge in [0.25, 0.3) is 0 Å². The van der Waals surface area contributed by atoms with Crippen LogP contribution in [0.5, 0.6) is 0 Å². The van der Waals surface area contributed by atoms with Gasteiger partial charge >= 0.3 is 11.9 Å². The minimum atomic E-state index is -1.16. The van der Waals surface area contributed by atoms with E-state index in [4.69, 9.17) is 24.1 Å². The average Bonchev–Trinajstić information content (AvgIpc) is 3.08. The average molecular weight is 719 g/mol. The normalized spacial score (nSPS) is 11.6. The molecule has 0 aromatic carbocycles. The highest BCUT2D eigenvalue weighted by molar-refractivity contribution is 5.84. The van der Waals surface area contributed by atoms with Gasteiger partial charge in [-0.25, -0.2) is 4.79 Å². The first-order valence-electron chi connectivity index (χ1n) is 18.5. The summed E-state index contributed by atoms with van der Waals surface area (Å²) in [5.41, 5.74) is 0. The highest BCUT2D eigenvalue weighted by atomic mass is 16.5. The predicted molar refractivity (Wildman–Crippen MR) is 189 cm³/mol. The van der Waals surface area contributed by atoms with E-state index in [-0.39, 0.29) is 56.6 Å². The van der Waals surface area contributed by atoms with E-state index in [1.54, 1.807) is 0 Å². The summed E-state index contributed by atoms with van der Waals surface area (Å²) in [5, 5.41) is 29.3. The highest BCUT2D eigenvalue weighted by Gasteiger charge is 2.20. The predicted octanol–water partition coefficient (Wildman–Crippen LogP) is 2.79. The van der Waals surface area contributed by atoms with Gasteiger partial charge in [-0.05, 0) is 25.7 Å². The SMILES string of the molecule is CCCCNC(=O)COCCOCCNCCOCCOCCNC(=O)CCC(NC(=O)CCCCCCCCCCCCC(=O)O)C(=O)O. The third-order valence-corrected chi connectivity index (χ3v) is 7.58. The van der Waals surface area contributed by atoms with E-state index in [2.05, 4.69) is 28.2 Å². The highest BCUT2D eigenvalue weighted by Crippen LogP contribution is 2.12. The molecule has 3 amide bonds. The number of carbonyl (C=O) groups excluding carboxylic acids is 3. The van der Waals surface area contributed by atoms with E-state index in [0.29, 0.717) is 72.3 Å². The van der Waals surface area contributed by atoms with Gasteiger partial charge in [-0.15, -0.1) is 0 Å². The summed E-state index contributed by atoms with van der Waals surface area (Å²) in [6.45, 7) is 7.31. The molecule has 0 aromatic rings. The van der Waals surface area contributed by atoms with Gasteiger partial charge in [-0.1, -0.05) is 64.7 Å². The Morgan fingerprint density at radius 1 is 0.520 bits per heavy atom. The number of amides is 3. The molecule has 0 aliphatic carbocycles.